The molecule has 0 aliphatic carbocycles. The Morgan fingerprint density at radius 3 is 3.16 bits per heavy atom. The van der Waals surface area contributed by atoms with E-state index in [0.717, 1.165) is 28.9 Å². The topological polar surface area (TPSA) is 39.1 Å². The highest BCUT2D eigenvalue weighted by atomic mass is 79.9. The summed E-state index contributed by atoms with van der Waals surface area (Å²) in [6.45, 7) is 2.40. The van der Waals surface area contributed by atoms with Crippen LogP contribution in [0.3, 0.4) is 0 Å². The largest absolute Gasteiger partial charge is 0.369 e. The van der Waals surface area contributed by atoms with Crippen LogP contribution in [-0.4, -0.2) is 29.2 Å². The van der Waals surface area contributed by atoms with Crippen LogP contribution in [-0.2, 0) is 4.74 Å². The minimum Gasteiger partial charge on any atom is -0.369 e. The van der Waals surface area contributed by atoms with E-state index in [1.807, 2.05) is 29.0 Å². The van der Waals surface area contributed by atoms with Crippen LogP contribution in [0.1, 0.15) is 11.8 Å². The molecule has 0 saturated carbocycles. The molecule has 0 bridgehead atoms. The Bertz CT molecular complexity index is 581. The molecule has 1 fully saturated rings. The number of rotatable bonds is 2. The van der Waals surface area contributed by atoms with E-state index >= 15 is 0 Å². The molecule has 0 spiro atoms. The van der Waals surface area contributed by atoms with Crippen LogP contribution in [0.25, 0.3) is 5.69 Å². The average Bonchev–Trinajstić information content (AvgIpc) is 2.91. The smallest absolute Gasteiger partial charge is 0.112 e. The third-order valence-corrected chi connectivity index (χ3v) is 4.00. The fraction of sp³-hybridized carbons (Fsp3) is 0.308. The zero-order valence-corrected chi connectivity index (χ0v) is 12.5. The molecule has 1 aromatic carbocycles. The molecule has 0 amide bonds. The summed E-state index contributed by atoms with van der Waals surface area (Å²) in [5.74, 6) is 0. The van der Waals surface area contributed by atoms with Gasteiger partial charge in [0.05, 0.1) is 30.5 Å². The molecule has 6 heteroatoms. The molecule has 1 unspecified atom stereocenters. The lowest BCUT2D eigenvalue weighted by Crippen LogP contribution is -2.34. The Kier molecular flexibility index (Phi) is 3.88. The van der Waals surface area contributed by atoms with Crippen LogP contribution < -0.4 is 5.32 Å². The minimum absolute atomic E-state index is 0.0159. The normalized spacial score (nSPS) is 19.6. The van der Waals surface area contributed by atoms with Gasteiger partial charge in [-0.25, -0.2) is 4.98 Å². The summed E-state index contributed by atoms with van der Waals surface area (Å²) in [5.41, 5.74) is 1.99. The SMILES string of the molecule is Clc1ccc(Br)c(-n2cncc2C2CNCCO2)c1. The van der Waals surface area contributed by atoms with E-state index in [-0.39, 0.29) is 6.10 Å². The molecule has 1 aliphatic rings. The van der Waals surface area contributed by atoms with Crippen LogP contribution >= 0.6 is 27.5 Å². The van der Waals surface area contributed by atoms with Crippen LogP contribution in [0, 0.1) is 0 Å². The fourth-order valence-electron chi connectivity index (χ4n) is 2.17. The van der Waals surface area contributed by atoms with Gasteiger partial charge in [-0.3, -0.25) is 4.57 Å². The van der Waals surface area contributed by atoms with Gasteiger partial charge in [0, 0.05) is 22.6 Å². The maximum absolute atomic E-state index is 6.07. The maximum Gasteiger partial charge on any atom is 0.112 e. The first-order valence-corrected chi connectivity index (χ1v) is 7.23. The van der Waals surface area contributed by atoms with Gasteiger partial charge >= 0.3 is 0 Å². The van der Waals surface area contributed by atoms with E-state index < -0.39 is 0 Å². The number of nitrogens with one attached hydrogen (secondary N) is 1. The second-order valence-corrected chi connectivity index (χ2v) is 5.64. The standard InChI is InChI=1S/C13H13BrClN3O/c14-10-2-1-9(15)5-11(10)18-8-17-6-12(18)13-7-16-3-4-19-13/h1-2,5-6,8,13,16H,3-4,7H2. The number of benzene rings is 1. The quantitative estimate of drug-likeness (QED) is 0.912. The molecule has 2 aromatic rings. The Balaban J connectivity index is 2.01. The van der Waals surface area contributed by atoms with E-state index in [0.29, 0.717) is 11.6 Å². The van der Waals surface area contributed by atoms with E-state index in [9.17, 15) is 0 Å². The van der Waals surface area contributed by atoms with Crippen LogP contribution in [0.4, 0.5) is 0 Å². The van der Waals surface area contributed by atoms with Crippen molar-refractivity contribution in [3.05, 3.63) is 45.9 Å². The number of nitrogens with zero attached hydrogens (tertiary/aromatic N) is 2. The van der Waals surface area contributed by atoms with Crippen molar-refractivity contribution in [2.24, 2.45) is 0 Å². The van der Waals surface area contributed by atoms with Crippen molar-refractivity contribution < 1.29 is 4.74 Å². The van der Waals surface area contributed by atoms with Gasteiger partial charge in [0.1, 0.15) is 6.10 Å². The van der Waals surface area contributed by atoms with Gasteiger partial charge in [-0.2, -0.15) is 0 Å². The Labute approximate surface area is 124 Å². The number of hydrogen-bond acceptors (Lipinski definition) is 3. The van der Waals surface area contributed by atoms with Crippen molar-refractivity contribution in [2.45, 2.75) is 6.10 Å². The lowest BCUT2D eigenvalue weighted by atomic mass is 10.2. The van der Waals surface area contributed by atoms with Crippen molar-refractivity contribution in [1.82, 2.24) is 14.9 Å². The molecule has 2 heterocycles. The predicted molar refractivity (Wildman–Crippen MR) is 77.8 cm³/mol. The highest BCUT2D eigenvalue weighted by Gasteiger charge is 2.20. The summed E-state index contributed by atoms with van der Waals surface area (Å²) >= 11 is 9.62. The van der Waals surface area contributed by atoms with Gasteiger partial charge in [0.25, 0.3) is 0 Å². The first-order chi connectivity index (χ1) is 9.25. The fourth-order valence-corrected chi connectivity index (χ4v) is 2.77. The molecule has 1 aromatic heterocycles. The number of hydrogen-bond donors (Lipinski definition) is 1. The number of ether oxygens (including phenoxy) is 1. The zero-order chi connectivity index (χ0) is 13.2. The second-order valence-electron chi connectivity index (χ2n) is 4.35. The lowest BCUT2D eigenvalue weighted by molar-refractivity contribution is 0.0240. The molecule has 1 saturated heterocycles. The highest BCUT2D eigenvalue weighted by Crippen LogP contribution is 2.28. The van der Waals surface area contributed by atoms with Crippen molar-refractivity contribution in [3.8, 4) is 5.69 Å². The van der Waals surface area contributed by atoms with Crippen molar-refractivity contribution >= 4 is 27.5 Å². The summed E-state index contributed by atoms with van der Waals surface area (Å²) in [6, 6.07) is 5.69. The van der Waals surface area contributed by atoms with Gasteiger partial charge in [-0.05, 0) is 34.1 Å². The monoisotopic (exact) mass is 341 g/mol. The van der Waals surface area contributed by atoms with E-state index in [1.165, 1.54) is 0 Å². The Morgan fingerprint density at radius 1 is 1.47 bits per heavy atom. The van der Waals surface area contributed by atoms with Crippen LogP contribution in [0.2, 0.25) is 5.02 Å². The third-order valence-electron chi connectivity index (χ3n) is 3.09. The highest BCUT2D eigenvalue weighted by molar-refractivity contribution is 9.10. The summed E-state index contributed by atoms with van der Waals surface area (Å²) in [6.07, 6.45) is 3.64. The molecule has 4 nitrogen and oxygen atoms in total. The summed E-state index contributed by atoms with van der Waals surface area (Å²) < 4.78 is 8.76. The molecule has 100 valence electrons. The summed E-state index contributed by atoms with van der Waals surface area (Å²) in [5, 5.41) is 4.02. The van der Waals surface area contributed by atoms with Gasteiger partial charge in [-0.1, -0.05) is 11.6 Å². The molecule has 1 aliphatic heterocycles. The van der Waals surface area contributed by atoms with E-state index in [2.05, 4.69) is 26.2 Å². The van der Waals surface area contributed by atoms with Crippen LogP contribution in [0.15, 0.2) is 35.2 Å². The van der Waals surface area contributed by atoms with Gasteiger partial charge in [0.2, 0.25) is 0 Å². The molecule has 1 atom stereocenters. The van der Waals surface area contributed by atoms with Crippen LogP contribution in [0.5, 0.6) is 0 Å². The Morgan fingerprint density at radius 2 is 2.37 bits per heavy atom. The van der Waals surface area contributed by atoms with Crippen molar-refractivity contribution in [3.63, 3.8) is 0 Å². The van der Waals surface area contributed by atoms with E-state index in [4.69, 9.17) is 16.3 Å². The number of morpholine rings is 1. The minimum atomic E-state index is 0.0159. The second kappa shape index (κ2) is 5.63. The zero-order valence-electron chi connectivity index (χ0n) is 10.1. The van der Waals surface area contributed by atoms with Gasteiger partial charge in [-0.15, -0.1) is 0 Å². The van der Waals surface area contributed by atoms with Gasteiger partial charge in [0.15, 0.2) is 0 Å². The Hall–Kier alpha value is -0.880. The van der Waals surface area contributed by atoms with E-state index in [1.54, 1.807) is 6.33 Å². The molecular formula is C13H13BrClN3O. The molecule has 3 rings (SSSR count). The van der Waals surface area contributed by atoms with Gasteiger partial charge < -0.3 is 10.1 Å². The summed E-state index contributed by atoms with van der Waals surface area (Å²) in [7, 11) is 0. The molecule has 19 heavy (non-hydrogen) atoms. The first kappa shape index (κ1) is 13.1. The number of halogens is 2. The van der Waals surface area contributed by atoms with Crippen molar-refractivity contribution in [1.29, 1.82) is 0 Å². The third kappa shape index (κ3) is 2.69. The average molecular weight is 343 g/mol. The predicted octanol–water partition coefficient (Wildman–Crippen LogP) is 2.95. The molecular weight excluding hydrogens is 330 g/mol. The maximum atomic E-state index is 6.07. The molecule has 0 radical (unpaired) electrons. The van der Waals surface area contributed by atoms with Crippen molar-refractivity contribution in [2.75, 3.05) is 19.7 Å². The first-order valence-electron chi connectivity index (χ1n) is 6.05. The molecule has 1 N–H and O–H groups in total. The summed E-state index contributed by atoms with van der Waals surface area (Å²) in [4.78, 5) is 4.24. The number of aromatic nitrogens is 2. The lowest BCUT2D eigenvalue weighted by Gasteiger charge is -2.24. The number of imidazole rings is 1.